The van der Waals surface area contributed by atoms with Crippen LogP contribution in [-0.2, 0) is 9.59 Å². The van der Waals surface area contributed by atoms with Crippen molar-refractivity contribution in [1.29, 1.82) is 0 Å². The molecule has 6 nitrogen and oxygen atoms in total. The van der Waals surface area contributed by atoms with Crippen molar-refractivity contribution in [3.63, 3.8) is 0 Å². The van der Waals surface area contributed by atoms with Gasteiger partial charge in [-0.1, -0.05) is 84.2 Å². The first kappa shape index (κ1) is 31.2. The van der Waals surface area contributed by atoms with Crippen LogP contribution in [0.5, 0.6) is 0 Å². The summed E-state index contributed by atoms with van der Waals surface area (Å²) in [5, 5.41) is 9.08. The summed E-state index contributed by atoms with van der Waals surface area (Å²) < 4.78 is 0. The van der Waals surface area contributed by atoms with Crippen LogP contribution >= 0.6 is 46.6 Å². The molecule has 3 N–H and O–H groups in total. The summed E-state index contributed by atoms with van der Waals surface area (Å²) in [6.45, 7) is 1.91. The van der Waals surface area contributed by atoms with Crippen molar-refractivity contribution in [2.75, 3.05) is 10.6 Å². The Morgan fingerprint density at radius 2 is 1.57 bits per heavy atom. The largest absolute Gasteiger partial charge is 0.324 e. The van der Waals surface area contributed by atoms with Gasteiger partial charge in [-0.05, 0) is 72.7 Å². The maximum Gasteiger partial charge on any atom is 0.272 e. The normalized spacial score (nSPS) is 11.9. The molecule has 0 bridgehead atoms. The highest BCUT2D eigenvalue weighted by Gasteiger charge is 2.20. The Morgan fingerprint density at radius 3 is 2.31 bits per heavy atom. The van der Waals surface area contributed by atoms with Gasteiger partial charge in [-0.3, -0.25) is 14.4 Å². The van der Waals surface area contributed by atoms with E-state index < -0.39 is 17.1 Å². The number of hydrogen-bond acceptors (Lipinski definition) is 4. The minimum Gasteiger partial charge on any atom is -0.324 e. The summed E-state index contributed by atoms with van der Waals surface area (Å²) >= 11 is 19.8. The number of anilines is 2. The van der Waals surface area contributed by atoms with Gasteiger partial charge in [0.25, 0.3) is 11.8 Å². The van der Waals surface area contributed by atoms with Gasteiger partial charge < -0.3 is 16.0 Å². The Balaban J connectivity index is 1.51. The summed E-state index contributed by atoms with van der Waals surface area (Å²) in [5.74, 6) is -1.18. The van der Waals surface area contributed by atoms with E-state index in [0.717, 1.165) is 4.90 Å². The zero-order valence-electron chi connectivity index (χ0n) is 22.4. The fourth-order valence-electron chi connectivity index (χ4n) is 3.85. The van der Waals surface area contributed by atoms with Gasteiger partial charge in [0.2, 0.25) is 5.91 Å². The molecule has 4 aromatic carbocycles. The molecule has 0 fully saturated rings. The van der Waals surface area contributed by atoms with Gasteiger partial charge in [0.15, 0.2) is 0 Å². The summed E-state index contributed by atoms with van der Waals surface area (Å²) in [6, 6.07) is 27.7. The minimum atomic E-state index is -0.526. The number of thioether (sulfide) groups is 1. The molecule has 0 saturated carbocycles. The van der Waals surface area contributed by atoms with Crippen molar-refractivity contribution >= 4 is 81.7 Å². The van der Waals surface area contributed by atoms with Gasteiger partial charge in [0, 0.05) is 21.2 Å². The molecule has 10 heteroatoms. The van der Waals surface area contributed by atoms with Gasteiger partial charge in [0.1, 0.15) is 5.70 Å². The molecule has 0 aromatic heterocycles. The highest BCUT2D eigenvalue weighted by Crippen LogP contribution is 2.32. The van der Waals surface area contributed by atoms with E-state index in [-0.39, 0.29) is 16.6 Å². The van der Waals surface area contributed by atoms with Gasteiger partial charge in [0.05, 0.1) is 21.0 Å². The van der Waals surface area contributed by atoms with Crippen LogP contribution in [0.1, 0.15) is 29.3 Å². The van der Waals surface area contributed by atoms with Gasteiger partial charge in [-0.25, -0.2) is 0 Å². The smallest absolute Gasteiger partial charge is 0.272 e. The lowest BCUT2D eigenvalue weighted by atomic mass is 10.1. The average molecular weight is 639 g/mol. The van der Waals surface area contributed by atoms with E-state index in [1.54, 1.807) is 97.1 Å². The minimum absolute atomic E-state index is 0.0355. The number of nitrogens with one attached hydrogen (secondary N) is 3. The lowest BCUT2D eigenvalue weighted by molar-refractivity contribution is -0.116. The molecule has 214 valence electrons. The topological polar surface area (TPSA) is 87.3 Å². The van der Waals surface area contributed by atoms with Gasteiger partial charge in [-0.2, -0.15) is 0 Å². The second kappa shape index (κ2) is 14.9. The van der Waals surface area contributed by atoms with E-state index >= 15 is 0 Å². The molecule has 0 radical (unpaired) electrons. The standard InChI is InChI=1S/C32H26Cl3N3O3S/c1-2-28(32(41)37-26-16-8-15-25(34)29(26)35)42-24-14-7-13-23(19-24)36-31(40)27(18-20-9-6-12-22(33)17-20)38-30(39)21-10-4-3-5-11-21/h3-19,28H,2H2,1H3,(H,36,40)(H,37,41)(H,38,39)/b27-18-. The Morgan fingerprint density at radius 1 is 0.833 bits per heavy atom. The molecule has 4 aromatic rings. The van der Waals surface area contributed by atoms with Crippen molar-refractivity contribution < 1.29 is 14.4 Å². The molecule has 0 aliphatic rings. The maximum atomic E-state index is 13.4. The van der Waals surface area contributed by atoms with E-state index in [9.17, 15) is 14.4 Å². The fourth-order valence-corrected chi connectivity index (χ4v) is 5.41. The van der Waals surface area contributed by atoms with Crippen LogP contribution in [0.4, 0.5) is 11.4 Å². The lowest BCUT2D eigenvalue weighted by Gasteiger charge is -2.16. The quantitative estimate of drug-likeness (QED) is 0.120. The van der Waals surface area contributed by atoms with Crippen molar-refractivity contribution in [1.82, 2.24) is 5.32 Å². The third-order valence-electron chi connectivity index (χ3n) is 5.93. The first-order valence-corrected chi connectivity index (χ1v) is 14.9. The zero-order chi connectivity index (χ0) is 30.1. The molecule has 0 heterocycles. The Hall–Kier alpha value is -3.75. The van der Waals surface area contributed by atoms with Crippen LogP contribution in [0, 0.1) is 0 Å². The van der Waals surface area contributed by atoms with Crippen LogP contribution < -0.4 is 16.0 Å². The number of halogens is 3. The number of benzene rings is 4. The highest BCUT2D eigenvalue weighted by atomic mass is 35.5. The first-order valence-electron chi connectivity index (χ1n) is 12.9. The van der Waals surface area contributed by atoms with Crippen LogP contribution in [0.15, 0.2) is 108 Å². The second-order valence-electron chi connectivity index (χ2n) is 9.02. The average Bonchev–Trinajstić information content (AvgIpc) is 2.98. The molecule has 0 aliphatic carbocycles. The van der Waals surface area contributed by atoms with E-state index in [0.29, 0.717) is 39.0 Å². The Labute approximate surface area is 263 Å². The van der Waals surface area contributed by atoms with Crippen molar-refractivity contribution in [3.05, 3.63) is 129 Å². The summed E-state index contributed by atoms with van der Waals surface area (Å²) in [5.41, 5.74) is 2.01. The molecule has 4 rings (SSSR count). The highest BCUT2D eigenvalue weighted by molar-refractivity contribution is 8.00. The first-order chi connectivity index (χ1) is 20.2. The van der Waals surface area contributed by atoms with Crippen LogP contribution in [-0.4, -0.2) is 23.0 Å². The second-order valence-corrected chi connectivity index (χ2v) is 11.5. The van der Waals surface area contributed by atoms with E-state index in [1.165, 1.54) is 11.8 Å². The van der Waals surface area contributed by atoms with Crippen molar-refractivity contribution in [2.45, 2.75) is 23.5 Å². The van der Waals surface area contributed by atoms with E-state index in [1.807, 2.05) is 13.0 Å². The number of carbonyl (C=O) groups excluding carboxylic acids is 3. The van der Waals surface area contributed by atoms with Gasteiger partial charge >= 0.3 is 0 Å². The molecule has 1 atom stereocenters. The molecule has 1 unspecified atom stereocenters. The third kappa shape index (κ3) is 8.63. The van der Waals surface area contributed by atoms with E-state index in [2.05, 4.69) is 16.0 Å². The van der Waals surface area contributed by atoms with Crippen molar-refractivity contribution in [3.8, 4) is 0 Å². The molecule has 3 amide bonds. The summed E-state index contributed by atoms with van der Waals surface area (Å²) in [7, 11) is 0. The molecule has 0 saturated heterocycles. The molecular formula is C32H26Cl3N3O3S. The number of carbonyl (C=O) groups is 3. The van der Waals surface area contributed by atoms with Crippen LogP contribution in [0.3, 0.4) is 0 Å². The molecule has 42 heavy (non-hydrogen) atoms. The molecule has 0 spiro atoms. The monoisotopic (exact) mass is 637 g/mol. The number of hydrogen-bond donors (Lipinski definition) is 3. The summed E-state index contributed by atoms with van der Waals surface area (Å²) in [6.07, 6.45) is 2.10. The summed E-state index contributed by atoms with van der Waals surface area (Å²) in [4.78, 5) is 40.1. The Bertz CT molecular complexity index is 1630. The number of amides is 3. The van der Waals surface area contributed by atoms with Crippen LogP contribution in [0.2, 0.25) is 15.1 Å². The van der Waals surface area contributed by atoms with Gasteiger partial charge in [-0.15, -0.1) is 11.8 Å². The lowest BCUT2D eigenvalue weighted by Crippen LogP contribution is -2.30. The number of rotatable bonds is 10. The van der Waals surface area contributed by atoms with Crippen molar-refractivity contribution in [2.24, 2.45) is 0 Å². The maximum absolute atomic E-state index is 13.4. The predicted octanol–water partition coefficient (Wildman–Crippen LogP) is 8.57. The predicted molar refractivity (Wildman–Crippen MR) is 173 cm³/mol. The Kier molecular flexibility index (Phi) is 11.1. The fraction of sp³-hybridized carbons (Fsp3) is 0.0938. The molecule has 0 aliphatic heterocycles. The van der Waals surface area contributed by atoms with E-state index in [4.69, 9.17) is 34.8 Å². The third-order valence-corrected chi connectivity index (χ3v) is 8.34. The zero-order valence-corrected chi connectivity index (χ0v) is 25.5. The SMILES string of the molecule is CCC(Sc1cccc(NC(=O)/C(=C/c2cccc(Cl)c2)NC(=O)c2ccccc2)c1)C(=O)Nc1cccc(Cl)c1Cl. The van der Waals surface area contributed by atoms with Crippen LogP contribution in [0.25, 0.3) is 6.08 Å². The molecular weight excluding hydrogens is 613 g/mol.